The van der Waals surface area contributed by atoms with Gasteiger partial charge in [0.1, 0.15) is 0 Å². The SMILES string of the molecule is CCOP(=O)(OCC)OC(C#N)C1CCCCC1. The van der Waals surface area contributed by atoms with Gasteiger partial charge in [0.2, 0.25) is 0 Å². The normalized spacial score (nSPS) is 19.4. The zero-order chi connectivity index (χ0) is 13.4. The quantitative estimate of drug-likeness (QED) is 0.663. The van der Waals surface area contributed by atoms with E-state index in [1.54, 1.807) is 13.8 Å². The van der Waals surface area contributed by atoms with Gasteiger partial charge in [-0.2, -0.15) is 5.26 Å². The number of nitrogens with zero attached hydrogens (tertiary/aromatic N) is 1. The Morgan fingerprint density at radius 2 is 1.78 bits per heavy atom. The summed E-state index contributed by atoms with van der Waals surface area (Å²) in [4.78, 5) is 0. The lowest BCUT2D eigenvalue weighted by Crippen LogP contribution is -2.24. The van der Waals surface area contributed by atoms with Crippen molar-refractivity contribution in [3.63, 3.8) is 0 Å². The van der Waals surface area contributed by atoms with Gasteiger partial charge in [0.05, 0.1) is 19.3 Å². The van der Waals surface area contributed by atoms with Gasteiger partial charge in [-0.15, -0.1) is 0 Å². The Morgan fingerprint density at radius 1 is 1.22 bits per heavy atom. The average molecular weight is 275 g/mol. The second-order valence-corrected chi connectivity index (χ2v) is 5.96. The minimum Gasteiger partial charge on any atom is -0.287 e. The van der Waals surface area contributed by atoms with Gasteiger partial charge >= 0.3 is 7.82 Å². The van der Waals surface area contributed by atoms with Crippen LogP contribution in [0.15, 0.2) is 0 Å². The van der Waals surface area contributed by atoms with Gasteiger partial charge in [0, 0.05) is 0 Å². The average Bonchev–Trinajstić information content (AvgIpc) is 2.38. The van der Waals surface area contributed by atoms with Crippen molar-refractivity contribution in [1.29, 1.82) is 5.26 Å². The van der Waals surface area contributed by atoms with E-state index in [-0.39, 0.29) is 19.1 Å². The number of nitriles is 1. The lowest BCUT2D eigenvalue weighted by atomic mass is 9.86. The van der Waals surface area contributed by atoms with Gasteiger partial charge in [0.25, 0.3) is 0 Å². The van der Waals surface area contributed by atoms with Crippen molar-refractivity contribution < 1.29 is 18.1 Å². The van der Waals surface area contributed by atoms with Crippen LogP contribution in [0.3, 0.4) is 0 Å². The van der Waals surface area contributed by atoms with Gasteiger partial charge in [-0.25, -0.2) is 4.57 Å². The number of hydrogen-bond acceptors (Lipinski definition) is 5. The molecule has 5 nitrogen and oxygen atoms in total. The molecule has 0 radical (unpaired) electrons. The highest BCUT2D eigenvalue weighted by Gasteiger charge is 2.34. The molecule has 0 aromatic rings. The Morgan fingerprint density at radius 3 is 2.22 bits per heavy atom. The fourth-order valence-corrected chi connectivity index (χ4v) is 3.53. The summed E-state index contributed by atoms with van der Waals surface area (Å²) in [6.45, 7) is 3.91. The van der Waals surface area contributed by atoms with E-state index in [1.807, 2.05) is 0 Å². The molecule has 1 rings (SSSR count). The third-order valence-corrected chi connectivity index (χ3v) is 4.66. The summed E-state index contributed by atoms with van der Waals surface area (Å²) >= 11 is 0. The molecule has 18 heavy (non-hydrogen) atoms. The lowest BCUT2D eigenvalue weighted by Gasteiger charge is -2.27. The molecule has 0 N–H and O–H groups in total. The van der Waals surface area contributed by atoms with Crippen LogP contribution >= 0.6 is 7.82 Å². The maximum Gasteiger partial charge on any atom is 0.476 e. The maximum absolute atomic E-state index is 12.2. The summed E-state index contributed by atoms with van der Waals surface area (Å²) in [7, 11) is -3.58. The fourth-order valence-electron chi connectivity index (χ4n) is 2.21. The predicted octanol–water partition coefficient (Wildman–Crippen LogP) is 3.66. The fraction of sp³-hybridized carbons (Fsp3) is 0.917. The van der Waals surface area contributed by atoms with Crippen LogP contribution in [-0.2, 0) is 18.1 Å². The predicted molar refractivity (Wildman–Crippen MR) is 67.9 cm³/mol. The van der Waals surface area contributed by atoms with Crippen LogP contribution in [0, 0.1) is 17.2 Å². The molecule has 1 atom stereocenters. The Hall–Kier alpha value is -0.400. The third-order valence-electron chi connectivity index (χ3n) is 3.02. The van der Waals surface area contributed by atoms with Crippen LogP contribution in [0.25, 0.3) is 0 Å². The molecule has 1 saturated carbocycles. The summed E-state index contributed by atoms with van der Waals surface area (Å²) in [5.41, 5.74) is 0. The molecule has 0 bridgehead atoms. The van der Waals surface area contributed by atoms with Crippen LogP contribution in [0.2, 0.25) is 0 Å². The van der Waals surface area contributed by atoms with E-state index >= 15 is 0 Å². The van der Waals surface area contributed by atoms with Crippen molar-refractivity contribution in [3.8, 4) is 6.07 Å². The summed E-state index contributed by atoms with van der Waals surface area (Å²) < 4.78 is 27.7. The zero-order valence-corrected chi connectivity index (χ0v) is 12.0. The number of hydrogen-bond donors (Lipinski definition) is 0. The van der Waals surface area contributed by atoms with Crippen LogP contribution in [0.5, 0.6) is 0 Å². The molecule has 0 aromatic carbocycles. The standard InChI is InChI=1S/C12H22NO4P/c1-3-15-18(14,16-4-2)17-12(10-13)11-8-6-5-7-9-11/h11-12H,3-9H2,1-2H3. The molecular formula is C12H22NO4P. The van der Waals surface area contributed by atoms with Gasteiger partial charge in [-0.05, 0) is 32.6 Å². The molecule has 1 fully saturated rings. The van der Waals surface area contributed by atoms with E-state index in [0.29, 0.717) is 0 Å². The lowest BCUT2D eigenvalue weighted by molar-refractivity contribution is 0.0703. The highest BCUT2D eigenvalue weighted by molar-refractivity contribution is 7.48. The van der Waals surface area contributed by atoms with Crippen molar-refractivity contribution in [2.75, 3.05) is 13.2 Å². The topological polar surface area (TPSA) is 68.6 Å². The monoisotopic (exact) mass is 275 g/mol. The van der Waals surface area contributed by atoms with Crippen molar-refractivity contribution in [2.45, 2.75) is 52.1 Å². The molecule has 6 heteroatoms. The second kappa shape index (κ2) is 7.91. The van der Waals surface area contributed by atoms with E-state index < -0.39 is 13.9 Å². The number of rotatable bonds is 7. The highest BCUT2D eigenvalue weighted by Crippen LogP contribution is 2.51. The summed E-state index contributed by atoms with van der Waals surface area (Å²) in [6, 6.07) is 2.09. The van der Waals surface area contributed by atoms with E-state index in [2.05, 4.69) is 6.07 Å². The molecule has 0 aromatic heterocycles. The summed E-state index contributed by atoms with van der Waals surface area (Å²) in [5.74, 6) is 0.137. The van der Waals surface area contributed by atoms with Gasteiger partial charge in [-0.1, -0.05) is 19.3 Å². The number of phosphoric acid groups is 1. The molecule has 1 unspecified atom stereocenters. The first-order valence-electron chi connectivity index (χ1n) is 6.62. The molecule has 0 amide bonds. The molecule has 1 aliphatic carbocycles. The smallest absolute Gasteiger partial charge is 0.287 e. The first kappa shape index (κ1) is 15.7. The third kappa shape index (κ3) is 4.70. The number of phosphoric ester groups is 1. The Bertz CT molecular complexity index is 313. The Balaban J connectivity index is 2.64. The highest BCUT2D eigenvalue weighted by atomic mass is 31.2. The minimum absolute atomic E-state index is 0.137. The van der Waals surface area contributed by atoms with Crippen molar-refractivity contribution in [1.82, 2.24) is 0 Å². The molecule has 0 aliphatic heterocycles. The van der Waals surface area contributed by atoms with Gasteiger partial charge in [0.15, 0.2) is 6.10 Å². The van der Waals surface area contributed by atoms with Crippen molar-refractivity contribution in [2.24, 2.45) is 5.92 Å². The van der Waals surface area contributed by atoms with E-state index in [0.717, 1.165) is 25.7 Å². The zero-order valence-electron chi connectivity index (χ0n) is 11.1. The van der Waals surface area contributed by atoms with E-state index in [9.17, 15) is 9.83 Å². The first-order valence-corrected chi connectivity index (χ1v) is 8.08. The van der Waals surface area contributed by atoms with Crippen molar-refractivity contribution >= 4 is 7.82 Å². The van der Waals surface area contributed by atoms with Crippen LogP contribution in [-0.4, -0.2) is 19.3 Å². The summed E-state index contributed by atoms with van der Waals surface area (Å²) in [6.07, 6.45) is 4.57. The van der Waals surface area contributed by atoms with E-state index in [4.69, 9.17) is 13.6 Å². The molecule has 0 heterocycles. The molecule has 104 valence electrons. The van der Waals surface area contributed by atoms with Crippen LogP contribution in [0.1, 0.15) is 46.0 Å². The van der Waals surface area contributed by atoms with Gasteiger partial charge < -0.3 is 0 Å². The molecule has 0 saturated heterocycles. The summed E-state index contributed by atoms with van der Waals surface area (Å²) in [5, 5.41) is 9.17. The van der Waals surface area contributed by atoms with Crippen LogP contribution < -0.4 is 0 Å². The van der Waals surface area contributed by atoms with Crippen molar-refractivity contribution in [3.05, 3.63) is 0 Å². The minimum atomic E-state index is -3.58. The van der Waals surface area contributed by atoms with E-state index in [1.165, 1.54) is 6.42 Å². The van der Waals surface area contributed by atoms with Gasteiger partial charge in [-0.3, -0.25) is 13.6 Å². The maximum atomic E-state index is 12.2. The first-order chi connectivity index (χ1) is 8.65. The molecule has 0 spiro atoms. The Labute approximate surface area is 109 Å². The largest absolute Gasteiger partial charge is 0.476 e. The molecular weight excluding hydrogens is 253 g/mol. The molecule has 1 aliphatic rings. The second-order valence-electron chi connectivity index (χ2n) is 4.34. The Kier molecular flexibility index (Phi) is 6.88. The van der Waals surface area contributed by atoms with Crippen LogP contribution in [0.4, 0.5) is 0 Å².